The van der Waals surface area contributed by atoms with Gasteiger partial charge in [-0.25, -0.2) is 4.79 Å². The number of esters is 1. The smallest absolute Gasteiger partial charge is 0.416 e. The molecule has 0 saturated heterocycles. The van der Waals surface area contributed by atoms with Crippen molar-refractivity contribution in [1.29, 1.82) is 0 Å². The maximum atomic E-state index is 12.6. The molecule has 0 spiro atoms. The first kappa shape index (κ1) is 22.7. The minimum Gasteiger partial charge on any atom is -0.490 e. The highest BCUT2D eigenvalue weighted by molar-refractivity contribution is 5.96. The van der Waals surface area contributed by atoms with Crippen LogP contribution in [0, 0.1) is 0 Å². The van der Waals surface area contributed by atoms with Crippen LogP contribution in [0.3, 0.4) is 0 Å². The highest BCUT2D eigenvalue weighted by Gasteiger charge is 2.30. The van der Waals surface area contributed by atoms with Crippen LogP contribution in [0.5, 0.6) is 5.75 Å². The number of amides is 1. The highest BCUT2D eigenvalue weighted by atomic mass is 19.4. The first-order valence-electron chi connectivity index (χ1n) is 8.89. The predicted molar refractivity (Wildman–Crippen MR) is 107 cm³/mol. The fourth-order valence-electron chi connectivity index (χ4n) is 2.25. The predicted octanol–water partition coefficient (Wildman–Crippen LogP) is 4.85. The number of hydrogen-bond acceptors (Lipinski definition) is 4. The van der Waals surface area contributed by atoms with Crippen molar-refractivity contribution < 1.29 is 32.2 Å². The third kappa shape index (κ3) is 7.12. The molecular weight excluding hydrogens is 399 g/mol. The van der Waals surface area contributed by atoms with Crippen molar-refractivity contribution in [3.63, 3.8) is 0 Å². The lowest BCUT2D eigenvalue weighted by Crippen LogP contribution is -2.29. The second-order valence-electron chi connectivity index (χ2n) is 6.15. The number of hydrogen-bond donors (Lipinski definition) is 1. The molecule has 0 aliphatic rings. The van der Waals surface area contributed by atoms with Crippen molar-refractivity contribution in [2.45, 2.75) is 19.2 Å². The van der Waals surface area contributed by atoms with Gasteiger partial charge in [0.05, 0.1) is 5.56 Å². The molecular formula is C22H20F3NO4. The van der Waals surface area contributed by atoms with Gasteiger partial charge in [-0.1, -0.05) is 24.8 Å². The summed E-state index contributed by atoms with van der Waals surface area (Å²) in [6.45, 7) is 5.30. The Morgan fingerprint density at radius 3 is 2.30 bits per heavy atom. The molecule has 8 heteroatoms. The number of ether oxygens (including phenoxy) is 2. The Morgan fingerprint density at radius 2 is 1.73 bits per heavy atom. The Hall–Kier alpha value is -3.55. The minimum atomic E-state index is -4.46. The van der Waals surface area contributed by atoms with Crippen LogP contribution in [0.1, 0.15) is 18.1 Å². The highest BCUT2D eigenvalue weighted by Crippen LogP contribution is 2.29. The molecule has 0 aliphatic heterocycles. The SMILES string of the molecule is C=CCOc1ccc(/C=C/C(=O)O[C@@H](C)C(=O)Nc2ccc(C(F)(F)F)cc2)cc1. The van der Waals surface area contributed by atoms with Crippen molar-refractivity contribution >= 4 is 23.6 Å². The van der Waals surface area contributed by atoms with Gasteiger partial charge in [0.1, 0.15) is 12.4 Å². The Labute approximate surface area is 171 Å². The molecule has 0 aromatic heterocycles. The van der Waals surface area contributed by atoms with Crippen LogP contribution in [0.4, 0.5) is 18.9 Å². The molecule has 0 heterocycles. The largest absolute Gasteiger partial charge is 0.490 e. The second kappa shape index (κ2) is 10.3. The summed E-state index contributed by atoms with van der Waals surface area (Å²) in [5, 5.41) is 2.39. The topological polar surface area (TPSA) is 64.6 Å². The quantitative estimate of drug-likeness (QED) is 0.377. The van der Waals surface area contributed by atoms with E-state index in [0.717, 1.165) is 29.8 Å². The van der Waals surface area contributed by atoms with E-state index in [-0.39, 0.29) is 5.69 Å². The van der Waals surface area contributed by atoms with Crippen LogP contribution in [0.25, 0.3) is 6.08 Å². The number of alkyl halides is 3. The van der Waals surface area contributed by atoms with Gasteiger partial charge in [0, 0.05) is 11.8 Å². The Bertz CT molecular complexity index is 903. The van der Waals surface area contributed by atoms with E-state index in [1.54, 1.807) is 30.3 Å². The number of anilines is 1. The molecule has 0 saturated carbocycles. The van der Waals surface area contributed by atoms with Gasteiger partial charge in [0.2, 0.25) is 0 Å². The van der Waals surface area contributed by atoms with E-state index in [1.807, 2.05) is 0 Å². The van der Waals surface area contributed by atoms with Crippen LogP contribution in [-0.2, 0) is 20.5 Å². The number of carbonyl (C=O) groups excluding carboxylic acids is 2. The molecule has 2 aromatic carbocycles. The summed E-state index contributed by atoms with van der Waals surface area (Å²) in [7, 11) is 0. The van der Waals surface area contributed by atoms with Gasteiger partial charge in [-0.2, -0.15) is 13.2 Å². The van der Waals surface area contributed by atoms with Crippen LogP contribution >= 0.6 is 0 Å². The fraction of sp³-hybridized carbons (Fsp3) is 0.182. The number of benzene rings is 2. The van der Waals surface area contributed by atoms with Gasteiger partial charge in [0.15, 0.2) is 6.10 Å². The lowest BCUT2D eigenvalue weighted by atomic mass is 10.2. The Morgan fingerprint density at radius 1 is 1.10 bits per heavy atom. The molecule has 0 aliphatic carbocycles. The maximum absolute atomic E-state index is 12.6. The van der Waals surface area contributed by atoms with Crippen molar-refractivity contribution in [1.82, 2.24) is 0 Å². The van der Waals surface area contributed by atoms with Crippen molar-refractivity contribution in [2.24, 2.45) is 0 Å². The molecule has 30 heavy (non-hydrogen) atoms. The zero-order valence-electron chi connectivity index (χ0n) is 16.1. The van der Waals surface area contributed by atoms with E-state index >= 15 is 0 Å². The summed E-state index contributed by atoms with van der Waals surface area (Å²) in [5.41, 5.74) is 0.0513. The zero-order chi connectivity index (χ0) is 22.1. The van der Waals surface area contributed by atoms with E-state index in [9.17, 15) is 22.8 Å². The molecule has 5 nitrogen and oxygen atoms in total. The van der Waals surface area contributed by atoms with E-state index in [4.69, 9.17) is 9.47 Å². The Balaban J connectivity index is 1.86. The zero-order valence-corrected chi connectivity index (χ0v) is 16.1. The van der Waals surface area contributed by atoms with Crippen LogP contribution in [-0.4, -0.2) is 24.6 Å². The molecule has 1 atom stereocenters. The molecule has 0 unspecified atom stereocenters. The third-order valence-electron chi connectivity index (χ3n) is 3.80. The average Bonchev–Trinajstić information content (AvgIpc) is 2.71. The number of halogens is 3. The van der Waals surface area contributed by atoms with Gasteiger partial charge < -0.3 is 14.8 Å². The third-order valence-corrected chi connectivity index (χ3v) is 3.80. The fourth-order valence-corrected chi connectivity index (χ4v) is 2.25. The number of nitrogens with one attached hydrogen (secondary N) is 1. The molecule has 2 rings (SSSR count). The lowest BCUT2D eigenvalue weighted by Gasteiger charge is -2.13. The number of rotatable bonds is 8. The van der Waals surface area contributed by atoms with Gasteiger partial charge >= 0.3 is 12.1 Å². The van der Waals surface area contributed by atoms with E-state index in [0.29, 0.717) is 12.4 Å². The van der Waals surface area contributed by atoms with Crippen LogP contribution in [0.2, 0.25) is 0 Å². The number of carbonyl (C=O) groups is 2. The normalized spacial score (nSPS) is 12.3. The molecule has 1 N–H and O–H groups in total. The molecule has 0 radical (unpaired) electrons. The molecule has 0 fully saturated rings. The summed E-state index contributed by atoms with van der Waals surface area (Å²) < 4.78 is 48.0. The first-order chi connectivity index (χ1) is 14.2. The van der Waals surface area contributed by atoms with E-state index in [2.05, 4.69) is 11.9 Å². The van der Waals surface area contributed by atoms with Crippen molar-refractivity contribution in [3.05, 3.63) is 78.4 Å². The first-order valence-corrected chi connectivity index (χ1v) is 8.89. The molecule has 1 amide bonds. The van der Waals surface area contributed by atoms with Crippen molar-refractivity contribution in [2.75, 3.05) is 11.9 Å². The maximum Gasteiger partial charge on any atom is 0.416 e. The van der Waals surface area contributed by atoms with Crippen molar-refractivity contribution in [3.8, 4) is 5.75 Å². The van der Waals surface area contributed by atoms with Crippen LogP contribution < -0.4 is 10.1 Å². The molecule has 2 aromatic rings. The van der Waals surface area contributed by atoms with Gasteiger partial charge in [-0.3, -0.25) is 4.79 Å². The van der Waals surface area contributed by atoms with E-state index in [1.165, 1.54) is 19.1 Å². The van der Waals surface area contributed by atoms with Crippen LogP contribution in [0.15, 0.2) is 67.3 Å². The van der Waals surface area contributed by atoms with E-state index < -0.39 is 29.7 Å². The summed E-state index contributed by atoms with van der Waals surface area (Å²) in [6.07, 6.45) is -1.30. The lowest BCUT2D eigenvalue weighted by molar-refractivity contribution is -0.148. The van der Waals surface area contributed by atoms with Gasteiger partial charge in [-0.15, -0.1) is 0 Å². The summed E-state index contributed by atoms with van der Waals surface area (Å²) in [5.74, 6) is -0.750. The summed E-state index contributed by atoms with van der Waals surface area (Å²) >= 11 is 0. The van der Waals surface area contributed by atoms with Gasteiger partial charge in [-0.05, 0) is 55.0 Å². The molecule has 158 valence electrons. The summed E-state index contributed by atoms with van der Waals surface area (Å²) in [6, 6.07) is 10.9. The monoisotopic (exact) mass is 419 g/mol. The average molecular weight is 419 g/mol. The summed E-state index contributed by atoms with van der Waals surface area (Å²) in [4.78, 5) is 24.0. The second-order valence-corrected chi connectivity index (χ2v) is 6.15. The molecule has 0 bridgehead atoms. The Kier molecular flexibility index (Phi) is 7.80. The minimum absolute atomic E-state index is 0.158. The standard InChI is InChI=1S/C22H20F3NO4/c1-3-14-29-19-11-4-16(5-12-19)6-13-20(27)30-15(2)21(28)26-18-9-7-17(8-10-18)22(23,24)25/h3-13,15H,1,14H2,2H3,(H,26,28)/b13-6+/t15-/m0/s1. The van der Waals surface area contributed by atoms with Gasteiger partial charge in [0.25, 0.3) is 5.91 Å².